The summed E-state index contributed by atoms with van der Waals surface area (Å²) in [4.78, 5) is 16.3. The molecule has 5 rings (SSSR count). The van der Waals surface area contributed by atoms with Gasteiger partial charge in [-0.1, -0.05) is 30.3 Å². The molecule has 1 fully saturated rings. The molecule has 3 aromatic carbocycles. The van der Waals surface area contributed by atoms with Crippen LogP contribution in [0.25, 0.3) is 23.1 Å². The van der Waals surface area contributed by atoms with Crippen LogP contribution in [0.1, 0.15) is 46.1 Å². The second-order valence-electron chi connectivity index (χ2n) is 9.44. The lowest BCUT2D eigenvalue weighted by atomic mass is 10.1. The molecule has 0 unspecified atom stereocenters. The Kier molecular flexibility index (Phi) is 7.84. The number of hydrogen-bond acceptors (Lipinski definition) is 5. The van der Waals surface area contributed by atoms with Crippen molar-refractivity contribution in [2.75, 3.05) is 20.3 Å². The number of nitrogens with zero attached hydrogens (tertiary/aromatic N) is 1. The Hall–Kier alpha value is -4.30. The first-order valence-electron chi connectivity index (χ1n) is 12.6. The molecule has 1 N–H and O–H groups in total. The minimum atomic E-state index is -1.32. The summed E-state index contributed by atoms with van der Waals surface area (Å²) >= 11 is 0. The Labute approximate surface area is 224 Å². The Balaban J connectivity index is 1.37. The number of carboxylic acids is 1. The van der Waals surface area contributed by atoms with Gasteiger partial charge in [0, 0.05) is 17.5 Å². The molecule has 1 aromatic heterocycles. The van der Waals surface area contributed by atoms with E-state index in [0.29, 0.717) is 23.7 Å². The summed E-state index contributed by atoms with van der Waals surface area (Å²) in [6.45, 7) is 0.554. The molecule has 1 heterocycles. The van der Waals surface area contributed by atoms with Crippen molar-refractivity contribution in [3.63, 3.8) is 0 Å². The van der Waals surface area contributed by atoms with Gasteiger partial charge in [0.25, 0.3) is 0 Å². The minimum Gasteiger partial charge on any atom is -0.493 e. The maximum atomic E-state index is 13.9. The predicted molar refractivity (Wildman–Crippen MR) is 144 cm³/mol. The number of benzene rings is 3. The van der Waals surface area contributed by atoms with Gasteiger partial charge in [-0.15, -0.1) is 0 Å². The predicted octanol–water partition coefficient (Wildman–Crippen LogP) is 6.94. The van der Waals surface area contributed by atoms with Crippen LogP contribution in [0.4, 0.5) is 8.78 Å². The fourth-order valence-corrected chi connectivity index (χ4v) is 4.21. The highest BCUT2D eigenvalue weighted by molar-refractivity contribution is 5.92. The lowest BCUT2D eigenvalue weighted by molar-refractivity contribution is 0.0122. The average Bonchev–Trinajstić information content (AvgIpc) is 3.76. The van der Waals surface area contributed by atoms with E-state index in [1.165, 1.54) is 19.2 Å². The quantitative estimate of drug-likeness (QED) is 0.226. The van der Waals surface area contributed by atoms with Gasteiger partial charge < -0.3 is 19.3 Å². The molecule has 1 atom stereocenters. The summed E-state index contributed by atoms with van der Waals surface area (Å²) in [5.41, 5.74) is 2.66. The van der Waals surface area contributed by atoms with Gasteiger partial charge in [-0.2, -0.15) is 0 Å². The van der Waals surface area contributed by atoms with E-state index in [1.807, 2.05) is 48.6 Å². The van der Waals surface area contributed by atoms with Gasteiger partial charge in [-0.3, -0.25) is 0 Å². The van der Waals surface area contributed by atoms with Crippen LogP contribution in [0, 0.1) is 17.6 Å². The Morgan fingerprint density at radius 1 is 1.05 bits per heavy atom. The number of aromatic carboxylic acids is 1. The first kappa shape index (κ1) is 26.3. The van der Waals surface area contributed by atoms with E-state index >= 15 is 0 Å². The SMILES string of the molecule is COc1cc(F)cc(C(=O)O)c1OC[C@@H](OCC1CC1)c1cccc(/C=C/c2ccc3ccc(F)cc3n2)c1. The highest BCUT2D eigenvalue weighted by Crippen LogP contribution is 2.35. The molecule has 0 bridgehead atoms. The van der Waals surface area contributed by atoms with Crippen molar-refractivity contribution < 1.29 is 32.9 Å². The number of hydrogen-bond donors (Lipinski definition) is 1. The molecule has 0 radical (unpaired) electrons. The molecule has 0 amide bonds. The third-order valence-corrected chi connectivity index (χ3v) is 6.48. The third kappa shape index (κ3) is 6.59. The number of methoxy groups -OCH3 is 1. The van der Waals surface area contributed by atoms with Gasteiger partial charge in [0.05, 0.1) is 24.9 Å². The number of carboxylic acid groups (broad SMARTS) is 1. The smallest absolute Gasteiger partial charge is 0.339 e. The molecular weight excluding hydrogens is 504 g/mol. The highest BCUT2D eigenvalue weighted by atomic mass is 19.1. The van der Waals surface area contributed by atoms with Gasteiger partial charge >= 0.3 is 5.97 Å². The zero-order valence-corrected chi connectivity index (χ0v) is 21.3. The largest absolute Gasteiger partial charge is 0.493 e. The van der Waals surface area contributed by atoms with Crippen LogP contribution in [0.5, 0.6) is 11.5 Å². The van der Waals surface area contributed by atoms with Crippen molar-refractivity contribution in [1.29, 1.82) is 0 Å². The van der Waals surface area contributed by atoms with Crippen LogP contribution in [-0.4, -0.2) is 36.4 Å². The molecule has 8 heteroatoms. The summed E-state index contributed by atoms with van der Waals surface area (Å²) in [5, 5.41) is 10.4. The summed E-state index contributed by atoms with van der Waals surface area (Å²) in [7, 11) is 1.32. The number of carbonyl (C=O) groups is 1. The fraction of sp³-hybridized carbons (Fsp3) is 0.226. The number of pyridine rings is 1. The van der Waals surface area contributed by atoms with Gasteiger partial charge in [0.15, 0.2) is 11.5 Å². The highest BCUT2D eigenvalue weighted by Gasteiger charge is 2.26. The van der Waals surface area contributed by atoms with E-state index in [0.717, 1.165) is 41.5 Å². The number of halogens is 2. The molecule has 200 valence electrons. The van der Waals surface area contributed by atoms with E-state index in [1.54, 1.807) is 6.07 Å². The van der Waals surface area contributed by atoms with Crippen molar-refractivity contribution in [1.82, 2.24) is 4.98 Å². The zero-order chi connectivity index (χ0) is 27.4. The normalized spacial score (nSPS) is 14.0. The van der Waals surface area contributed by atoms with Crippen molar-refractivity contribution >= 4 is 29.0 Å². The van der Waals surface area contributed by atoms with E-state index in [-0.39, 0.29) is 29.5 Å². The summed E-state index contributed by atoms with van der Waals surface area (Å²) < 4.78 is 44.8. The monoisotopic (exact) mass is 531 g/mol. The molecule has 0 saturated heterocycles. The van der Waals surface area contributed by atoms with Gasteiger partial charge in [0.1, 0.15) is 29.9 Å². The fourth-order valence-electron chi connectivity index (χ4n) is 4.21. The second kappa shape index (κ2) is 11.6. The van der Waals surface area contributed by atoms with Crippen molar-refractivity contribution in [2.45, 2.75) is 18.9 Å². The van der Waals surface area contributed by atoms with Crippen LogP contribution >= 0.6 is 0 Å². The average molecular weight is 532 g/mol. The summed E-state index contributed by atoms with van der Waals surface area (Å²) in [5.74, 6) is -1.96. The number of fused-ring (bicyclic) bond motifs is 1. The maximum absolute atomic E-state index is 13.9. The maximum Gasteiger partial charge on any atom is 0.339 e. The van der Waals surface area contributed by atoms with Crippen molar-refractivity contribution in [3.05, 3.63) is 101 Å². The van der Waals surface area contributed by atoms with Crippen LogP contribution in [-0.2, 0) is 4.74 Å². The van der Waals surface area contributed by atoms with Crippen molar-refractivity contribution in [3.8, 4) is 11.5 Å². The first-order chi connectivity index (χ1) is 18.9. The number of aromatic nitrogens is 1. The van der Waals surface area contributed by atoms with E-state index in [4.69, 9.17) is 14.2 Å². The molecule has 39 heavy (non-hydrogen) atoms. The topological polar surface area (TPSA) is 77.9 Å². The molecular formula is C31H27F2NO5. The molecule has 1 aliphatic carbocycles. The Morgan fingerprint density at radius 3 is 2.64 bits per heavy atom. The lowest BCUT2D eigenvalue weighted by Gasteiger charge is -2.21. The van der Waals surface area contributed by atoms with Crippen LogP contribution in [0.3, 0.4) is 0 Å². The molecule has 1 saturated carbocycles. The van der Waals surface area contributed by atoms with Crippen molar-refractivity contribution in [2.24, 2.45) is 5.92 Å². The standard InChI is InChI=1S/C31H27F2NO5/c1-37-28-16-24(33)14-26(31(35)36)30(28)39-18-29(38-17-20-5-6-20)22-4-2-3-19(13-22)7-11-25-12-9-21-8-10-23(32)15-27(21)34-25/h2-4,7-16,20,29H,5-6,17-18H2,1H3,(H,35,36)/b11-7+/t29-/m1/s1. The molecule has 0 aliphatic heterocycles. The van der Waals surface area contributed by atoms with Crippen LogP contribution in [0.2, 0.25) is 0 Å². The minimum absolute atomic E-state index is 0.0000454. The summed E-state index contributed by atoms with van der Waals surface area (Å²) in [6.07, 6.45) is 5.46. The Bertz CT molecular complexity index is 1530. The van der Waals surface area contributed by atoms with Gasteiger partial charge in [0.2, 0.25) is 0 Å². The second-order valence-corrected chi connectivity index (χ2v) is 9.44. The molecule has 0 spiro atoms. The summed E-state index contributed by atoms with van der Waals surface area (Å²) in [6, 6.07) is 18.0. The lowest BCUT2D eigenvalue weighted by Crippen LogP contribution is -2.17. The van der Waals surface area contributed by atoms with Crippen LogP contribution < -0.4 is 9.47 Å². The molecule has 6 nitrogen and oxygen atoms in total. The Morgan fingerprint density at radius 2 is 1.87 bits per heavy atom. The number of rotatable bonds is 11. The van der Waals surface area contributed by atoms with Gasteiger partial charge in [-0.05, 0) is 66.3 Å². The molecule has 1 aliphatic rings. The van der Waals surface area contributed by atoms with E-state index in [9.17, 15) is 18.7 Å². The third-order valence-electron chi connectivity index (χ3n) is 6.48. The van der Waals surface area contributed by atoms with E-state index < -0.39 is 17.9 Å². The number of ether oxygens (including phenoxy) is 3. The van der Waals surface area contributed by atoms with E-state index in [2.05, 4.69) is 4.98 Å². The van der Waals surface area contributed by atoms with Gasteiger partial charge in [-0.25, -0.2) is 18.6 Å². The zero-order valence-electron chi connectivity index (χ0n) is 21.3. The van der Waals surface area contributed by atoms with Crippen LogP contribution in [0.15, 0.2) is 66.7 Å². The molecule has 4 aromatic rings. The first-order valence-corrected chi connectivity index (χ1v) is 12.6.